The maximum atomic E-state index is 5.84. The maximum Gasteiger partial charge on any atom is 0.222 e. The molecule has 0 bridgehead atoms. The number of nitrogens with one attached hydrogen (secondary N) is 1. The summed E-state index contributed by atoms with van der Waals surface area (Å²) in [6.45, 7) is 4.41. The van der Waals surface area contributed by atoms with Crippen LogP contribution >= 0.6 is 0 Å². The largest absolute Gasteiger partial charge is 0.369 e. The maximum absolute atomic E-state index is 5.84. The van der Waals surface area contributed by atoms with Crippen molar-refractivity contribution in [1.29, 1.82) is 0 Å². The van der Waals surface area contributed by atoms with Gasteiger partial charge in [0.05, 0.1) is 5.69 Å². The summed E-state index contributed by atoms with van der Waals surface area (Å²) >= 11 is 0. The average molecular weight is 276 g/mol. The Kier molecular flexibility index (Phi) is 4.03. The summed E-state index contributed by atoms with van der Waals surface area (Å²) in [5.41, 5.74) is 12.7. The first-order valence-corrected chi connectivity index (χ1v) is 7.57. The molecular weight excluding hydrogens is 252 g/mol. The first kappa shape index (κ1) is 13.6. The van der Waals surface area contributed by atoms with Gasteiger partial charge in [0.25, 0.3) is 0 Å². The number of nitrogens with zero attached hydrogens (tertiary/aromatic N) is 3. The fraction of sp³-hybridized carbons (Fsp3) is 0.714. The van der Waals surface area contributed by atoms with Gasteiger partial charge in [-0.15, -0.1) is 0 Å². The molecule has 3 rings (SSSR count). The summed E-state index contributed by atoms with van der Waals surface area (Å²) in [7, 11) is 0. The fourth-order valence-corrected chi connectivity index (χ4v) is 3.04. The Morgan fingerprint density at radius 1 is 1.25 bits per heavy atom. The van der Waals surface area contributed by atoms with Crippen LogP contribution in [0.25, 0.3) is 0 Å². The van der Waals surface area contributed by atoms with Crippen molar-refractivity contribution in [1.82, 2.24) is 14.9 Å². The number of hydrogen-bond donors (Lipinski definition) is 3. The molecule has 1 aliphatic carbocycles. The van der Waals surface area contributed by atoms with E-state index in [1.807, 2.05) is 6.07 Å². The van der Waals surface area contributed by atoms with Gasteiger partial charge < -0.3 is 21.7 Å². The number of nitrogen functional groups attached to an aromatic ring is 1. The second kappa shape index (κ2) is 5.93. The van der Waals surface area contributed by atoms with E-state index in [1.165, 1.54) is 25.9 Å². The first-order chi connectivity index (χ1) is 9.70. The van der Waals surface area contributed by atoms with Crippen molar-refractivity contribution in [3.05, 3.63) is 11.8 Å². The molecule has 0 radical (unpaired) electrons. The molecule has 6 nitrogen and oxygen atoms in total. The van der Waals surface area contributed by atoms with Crippen molar-refractivity contribution in [3.63, 3.8) is 0 Å². The number of rotatable bonds is 5. The van der Waals surface area contributed by atoms with Gasteiger partial charge in [0.15, 0.2) is 0 Å². The minimum absolute atomic E-state index is 0.322. The monoisotopic (exact) mass is 276 g/mol. The first-order valence-electron chi connectivity index (χ1n) is 7.57. The van der Waals surface area contributed by atoms with Crippen LogP contribution in [0.1, 0.15) is 37.3 Å². The van der Waals surface area contributed by atoms with E-state index in [1.54, 1.807) is 0 Å². The van der Waals surface area contributed by atoms with Gasteiger partial charge in [0.2, 0.25) is 5.95 Å². The van der Waals surface area contributed by atoms with Gasteiger partial charge in [-0.25, -0.2) is 4.98 Å². The highest BCUT2D eigenvalue weighted by Gasteiger charge is 2.29. The minimum Gasteiger partial charge on any atom is -0.369 e. The molecule has 0 amide bonds. The van der Waals surface area contributed by atoms with Gasteiger partial charge in [0, 0.05) is 31.1 Å². The number of nitrogens with two attached hydrogens (primary N) is 2. The van der Waals surface area contributed by atoms with Crippen molar-refractivity contribution in [2.24, 2.45) is 5.73 Å². The molecule has 2 heterocycles. The molecule has 0 atom stereocenters. The van der Waals surface area contributed by atoms with E-state index in [0.29, 0.717) is 17.9 Å². The summed E-state index contributed by atoms with van der Waals surface area (Å²) in [5.74, 6) is 1.65. The van der Waals surface area contributed by atoms with E-state index in [0.717, 1.165) is 37.4 Å². The number of hydrogen-bond acceptors (Lipinski definition) is 6. The Hall–Kier alpha value is -1.40. The van der Waals surface area contributed by atoms with Crippen molar-refractivity contribution >= 4 is 11.8 Å². The molecule has 1 aliphatic heterocycles. The summed E-state index contributed by atoms with van der Waals surface area (Å²) in [6, 6.07) is 2.35. The summed E-state index contributed by atoms with van der Waals surface area (Å²) in [5, 5.41) is 3.36. The van der Waals surface area contributed by atoms with E-state index in [4.69, 9.17) is 11.5 Å². The third-order valence-electron chi connectivity index (χ3n) is 4.29. The van der Waals surface area contributed by atoms with Gasteiger partial charge in [-0.3, -0.25) is 0 Å². The molecule has 20 heavy (non-hydrogen) atoms. The molecule has 2 aliphatic rings. The molecule has 1 aromatic rings. The van der Waals surface area contributed by atoms with Crippen molar-refractivity contribution in [3.8, 4) is 0 Å². The topological polar surface area (TPSA) is 93.1 Å². The third kappa shape index (κ3) is 3.19. The average Bonchev–Trinajstić information content (AvgIpc) is 2.87. The molecule has 1 saturated heterocycles. The van der Waals surface area contributed by atoms with Crippen molar-refractivity contribution in [2.45, 2.75) is 37.6 Å². The van der Waals surface area contributed by atoms with Crippen molar-refractivity contribution in [2.75, 3.05) is 37.2 Å². The van der Waals surface area contributed by atoms with Crippen LogP contribution < -0.4 is 16.8 Å². The second-order valence-electron chi connectivity index (χ2n) is 5.94. The highest BCUT2D eigenvalue weighted by Crippen LogP contribution is 2.35. The summed E-state index contributed by atoms with van der Waals surface area (Å²) in [4.78, 5) is 11.1. The van der Waals surface area contributed by atoms with Crippen LogP contribution in [-0.4, -0.2) is 47.1 Å². The van der Waals surface area contributed by atoms with Crippen LogP contribution in [0, 0.1) is 0 Å². The minimum atomic E-state index is 0.322. The Balaban J connectivity index is 1.55. The molecule has 0 unspecified atom stereocenters. The zero-order valence-corrected chi connectivity index (χ0v) is 11.9. The lowest BCUT2D eigenvalue weighted by molar-refractivity contribution is 0.345. The zero-order valence-electron chi connectivity index (χ0n) is 11.9. The number of anilines is 2. The zero-order chi connectivity index (χ0) is 13.9. The molecule has 0 aromatic carbocycles. The van der Waals surface area contributed by atoms with E-state index in [2.05, 4.69) is 20.2 Å². The highest BCUT2D eigenvalue weighted by atomic mass is 15.2. The van der Waals surface area contributed by atoms with Crippen LogP contribution in [0.2, 0.25) is 0 Å². The Bertz CT molecular complexity index is 451. The van der Waals surface area contributed by atoms with E-state index < -0.39 is 0 Å². The Morgan fingerprint density at radius 2 is 2.00 bits per heavy atom. The molecule has 1 saturated carbocycles. The van der Waals surface area contributed by atoms with E-state index in [9.17, 15) is 0 Å². The summed E-state index contributed by atoms with van der Waals surface area (Å²) in [6.07, 6.45) is 4.66. The normalized spacial score (nSPS) is 26.4. The van der Waals surface area contributed by atoms with Gasteiger partial charge in [-0.05, 0) is 38.8 Å². The van der Waals surface area contributed by atoms with Gasteiger partial charge in [-0.1, -0.05) is 0 Å². The van der Waals surface area contributed by atoms with Crippen LogP contribution in [0.4, 0.5) is 11.8 Å². The predicted octanol–water partition coefficient (Wildman–Crippen LogP) is 0.771. The van der Waals surface area contributed by atoms with E-state index in [-0.39, 0.29) is 0 Å². The van der Waals surface area contributed by atoms with Crippen molar-refractivity contribution < 1.29 is 0 Å². The van der Waals surface area contributed by atoms with Crippen LogP contribution in [0.3, 0.4) is 0 Å². The highest BCUT2D eigenvalue weighted by molar-refractivity contribution is 5.42. The lowest BCUT2D eigenvalue weighted by Gasteiger charge is -2.32. The quantitative estimate of drug-likeness (QED) is 0.735. The molecular formula is C14H24N6. The second-order valence-corrected chi connectivity index (χ2v) is 5.94. The SMILES string of the molecule is Nc1nc(NCCN2CCCC2)cc(C2CC(N)C2)n1. The lowest BCUT2D eigenvalue weighted by atomic mass is 9.78. The van der Waals surface area contributed by atoms with E-state index >= 15 is 0 Å². The fourth-order valence-electron chi connectivity index (χ4n) is 3.04. The van der Waals surface area contributed by atoms with Crippen LogP contribution in [0.15, 0.2) is 6.07 Å². The smallest absolute Gasteiger partial charge is 0.222 e. The molecule has 110 valence electrons. The van der Waals surface area contributed by atoms with Gasteiger partial charge in [0.1, 0.15) is 5.82 Å². The van der Waals surface area contributed by atoms with Gasteiger partial charge >= 0.3 is 0 Å². The van der Waals surface area contributed by atoms with Crippen LogP contribution in [-0.2, 0) is 0 Å². The summed E-state index contributed by atoms with van der Waals surface area (Å²) < 4.78 is 0. The lowest BCUT2D eigenvalue weighted by Crippen LogP contribution is -2.35. The molecule has 5 N–H and O–H groups in total. The number of likely N-dealkylation sites (tertiary alicyclic amines) is 1. The molecule has 6 heteroatoms. The Labute approximate surface area is 119 Å². The molecule has 2 fully saturated rings. The van der Waals surface area contributed by atoms with Gasteiger partial charge in [-0.2, -0.15) is 4.98 Å². The predicted molar refractivity (Wildman–Crippen MR) is 80.6 cm³/mol. The third-order valence-corrected chi connectivity index (χ3v) is 4.29. The molecule has 1 aromatic heterocycles. The van der Waals surface area contributed by atoms with Crippen LogP contribution in [0.5, 0.6) is 0 Å². The molecule has 0 spiro atoms. The Morgan fingerprint density at radius 3 is 2.70 bits per heavy atom. The standard InChI is InChI=1S/C14H24N6/c15-11-7-10(8-11)12-9-13(19-14(16)18-12)17-3-6-20-4-1-2-5-20/h9-11H,1-8,15H2,(H3,16,17,18,19). The number of aromatic nitrogens is 2.